The van der Waals surface area contributed by atoms with Crippen LogP contribution >= 0.6 is 0 Å². The number of halogens is 1. The van der Waals surface area contributed by atoms with Crippen molar-refractivity contribution in [2.45, 2.75) is 19.8 Å². The molecule has 0 aromatic heterocycles. The van der Waals surface area contributed by atoms with Gasteiger partial charge in [0.1, 0.15) is 11.6 Å². The predicted octanol–water partition coefficient (Wildman–Crippen LogP) is 4.66. The molecule has 1 amide bonds. The highest BCUT2D eigenvalue weighted by atomic mass is 19.1. The van der Waals surface area contributed by atoms with Gasteiger partial charge in [0.05, 0.1) is 5.41 Å². The van der Waals surface area contributed by atoms with Crippen molar-refractivity contribution in [2.75, 3.05) is 5.32 Å². The van der Waals surface area contributed by atoms with Crippen LogP contribution in [0.2, 0.25) is 0 Å². The summed E-state index contributed by atoms with van der Waals surface area (Å²) in [5.74, 6) is -2.59. The first-order valence-electron chi connectivity index (χ1n) is 10.3. The third kappa shape index (κ3) is 2.59. The Hall–Kier alpha value is -3.80. The first-order valence-corrected chi connectivity index (χ1v) is 10.3. The van der Waals surface area contributed by atoms with Crippen LogP contribution in [0.4, 0.5) is 10.1 Å². The van der Waals surface area contributed by atoms with Crippen LogP contribution in [-0.4, -0.2) is 17.7 Å². The fourth-order valence-corrected chi connectivity index (χ4v) is 5.02. The van der Waals surface area contributed by atoms with Crippen molar-refractivity contribution in [1.29, 1.82) is 0 Å². The number of ketones is 1. The number of rotatable bonds is 4. The molecular formula is C26H20FNO4. The van der Waals surface area contributed by atoms with Gasteiger partial charge in [-0.25, -0.2) is 4.39 Å². The molecule has 6 heteroatoms. The van der Waals surface area contributed by atoms with Gasteiger partial charge in [-0.1, -0.05) is 35.9 Å². The van der Waals surface area contributed by atoms with Gasteiger partial charge in [0, 0.05) is 22.7 Å². The van der Waals surface area contributed by atoms with Crippen molar-refractivity contribution in [2.24, 2.45) is 10.8 Å². The minimum Gasteiger partial charge on any atom is -0.425 e. The molecule has 5 rings (SSSR count). The lowest BCUT2D eigenvalue weighted by Crippen LogP contribution is -2.42. The van der Waals surface area contributed by atoms with Crippen molar-refractivity contribution in [3.8, 4) is 5.75 Å². The smallest absolute Gasteiger partial charge is 0.328 e. The Kier molecular flexibility index (Phi) is 4.31. The molecule has 3 atom stereocenters. The van der Waals surface area contributed by atoms with Crippen LogP contribution in [0, 0.1) is 23.6 Å². The molecule has 0 saturated heterocycles. The van der Waals surface area contributed by atoms with E-state index in [1.54, 1.807) is 43.3 Å². The molecule has 0 unspecified atom stereocenters. The lowest BCUT2D eigenvalue weighted by atomic mass is 9.86. The maximum atomic E-state index is 13.7. The highest BCUT2D eigenvalue weighted by Gasteiger charge is 2.88. The zero-order valence-electron chi connectivity index (χ0n) is 17.5. The number of amides is 1. The van der Waals surface area contributed by atoms with Crippen molar-refractivity contribution < 1.29 is 23.5 Å². The Balaban J connectivity index is 1.62. The third-order valence-electron chi connectivity index (χ3n) is 6.75. The van der Waals surface area contributed by atoms with Crippen LogP contribution in [0.5, 0.6) is 5.75 Å². The second-order valence-electron chi connectivity index (χ2n) is 8.53. The second kappa shape index (κ2) is 6.85. The highest BCUT2D eigenvalue weighted by molar-refractivity contribution is 6.23. The number of aryl methyl sites for hydroxylation is 1. The molecule has 3 aromatic rings. The van der Waals surface area contributed by atoms with Gasteiger partial charge in [-0.2, -0.15) is 0 Å². The Bertz CT molecular complexity index is 1270. The molecule has 1 aliphatic carbocycles. The van der Waals surface area contributed by atoms with Crippen molar-refractivity contribution in [3.05, 3.63) is 95.3 Å². The molecule has 5 nitrogen and oxygen atoms in total. The minimum absolute atomic E-state index is 0.232. The topological polar surface area (TPSA) is 72.5 Å². The van der Waals surface area contributed by atoms with Crippen LogP contribution in [0.25, 0.3) is 0 Å². The maximum Gasteiger partial charge on any atom is 0.328 e. The molecule has 32 heavy (non-hydrogen) atoms. The van der Waals surface area contributed by atoms with Gasteiger partial charge in [0.15, 0.2) is 11.2 Å². The fraction of sp³-hybridized carbons (Fsp3) is 0.192. The number of esters is 1. The predicted molar refractivity (Wildman–Crippen MR) is 116 cm³/mol. The molecule has 160 valence electrons. The number of Topliss-reactive ketones (excluding diaryl/α,β-unsaturated/α-hetero) is 1. The Morgan fingerprint density at radius 3 is 2.31 bits per heavy atom. The second-order valence-corrected chi connectivity index (χ2v) is 8.53. The fourth-order valence-electron chi connectivity index (χ4n) is 5.02. The van der Waals surface area contributed by atoms with Gasteiger partial charge >= 0.3 is 5.97 Å². The number of carbonyl (C=O) groups is 3. The zero-order valence-corrected chi connectivity index (χ0v) is 17.5. The van der Waals surface area contributed by atoms with Crippen LogP contribution < -0.4 is 10.1 Å². The van der Waals surface area contributed by atoms with Crippen LogP contribution in [0.3, 0.4) is 0 Å². The Morgan fingerprint density at radius 1 is 0.969 bits per heavy atom. The molecule has 1 aliphatic heterocycles. The first-order chi connectivity index (χ1) is 15.3. The van der Waals surface area contributed by atoms with E-state index in [0.29, 0.717) is 17.0 Å². The number of hydrogen-bond acceptors (Lipinski definition) is 4. The molecular weight excluding hydrogens is 409 g/mol. The van der Waals surface area contributed by atoms with E-state index >= 15 is 0 Å². The normalized spacial score (nSPS) is 25.2. The number of benzene rings is 3. The summed E-state index contributed by atoms with van der Waals surface area (Å²) in [6, 6.07) is 19.2. The number of para-hydroxylation sites is 1. The molecule has 1 heterocycles. The standard InChI is InChI=1S/C26H20FNO4/c1-15-7-13-18(14-8-15)28-23(30)26-21(19-5-3-4-6-20(19)32-24(26)31)25(26,2)22(29)16-9-11-17(27)12-10-16/h3-14,21H,1-2H3,(H,28,30)/t21-,25-,26+/m0/s1. The molecule has 1 N–H and O–H groups in total. The summed E-state index contributed by atoms with van der Waals surface area (Å²) >= 11 is 0. The SMILES string of the molecule is Cc1ccc(NC(=O)[C@@]23C(=O)Oc4ccccc4[C@H]2[C@@]3(C)C(=O)c2ccc(F)cc2)cc1. The maximum absolute atomic E-state index is 13.7. The van der Waals surface area contributed by atoms with E-state index in [1.165, 1.54) is 24.3 Å². The lowest BCUT2D eigenvalue weighted by Gasteiger charge is -2.23. The van der Waals surface area contributed by atoms with Crippen molar-refractivity contribution >= 4 is 23.3 Å². The van der Waals surface area contributed by atoms with Gasteiger partial charge in [0.2, 0.25) is 5.91 Å². The summed E-state index contributed by atoms with van der Waals surface area (Å²) in [6.07, 6.45) is 0. The number of nitrogens with one attached hydrogen (secondary N) is 1. The van der Waals surface area contributed by atoms with Gasteiger partial charge in [-0.05, 0) is 56.3 Å². The van der Waals surface area contributed by atoms with E-state index in [1.807, 2.05) is 19.1 Å². The van der Waals surface area contributed by atoms with E-state index < -0.39 is 40.2 Å². The van der Waals surface area contributed by atoms with Gasteiger partial charge in [-0.15, -0.1) is 0 Å². The summed E-state index contributed by atoms with van der Waals surface area (Å²) in [4.78, 5) is 40.6. The lowest BCUT2D eigenvalue weighted by molar-refractivity contribution is -0.147. The van der Waals surface area contributed by atoms with Crippen LogP contribution in [-0.2, 0) is 9.59 Å². The minimum atomic E-state index is -1.72. The molecule has 0 spiro atoms. The number of fused-ring (bicyclic) bond motifs is 3. The highest BCUT2D eigenvalue weighted by Crippen LogP contribution is 2.78. The Labute approximate surface area is 184 Å². The molecule has 3 aromatic carbocycles. The molecule has 0 radical (unpaired) electrons. The largest absolute Gasteiger partial charge is 0.425 e. The van der Waals surface area contributed by atoms with Crippen molar-refractivity contribution in [1.82, 2.24) is 0 Å². The van der Waals surface area contributed by atoms with Crippen molar-refractivity contribution in [3.63, 3.8) is 0 Å². The average Bonchev–Trinajstić information content (AvgIpc) is 3.39. The molecule has 1 fully saturated rings. The van der Waals surface area contributed by atoms with E-state index in [4.69, 9.17) is 4.74 Å². The van der Waals surface area contributed by atoms with Crippen LogP contribution in [0.1, 0.15) is 34.3 Å². The Morgan fingerprint density at radius 2 is 1.62 bits per heavy atom. The van der Waals surface area contributed by atoms with Gasteiger partial charge in [0.25, 0.3) is 0 Å². The third-order valence-corrected chi connectivity index (χ3v) is 6.75. The summed E-state index contributed by atoms with van der Waals surface area (Å²) in [7, 11) is 0. The average molecular weight is 429 g/mol. The zero-order chi connectivity index (χ0) is 22.7. The molecule has 2 aliphatic rings. The number of ether oxygens (including phenoxy) is 1. The summed E-state index contributed by atoms with van der Waals surface area (Å²) < 4.78 is 19.0. The monoisotopic (exact) mass is 429 g/mol. The van der Waals surface area contributed by atoms with Crippen LogP contribution in [0.15, 0.2) is 72.8 Å². The summed E-state index contributed by atoms with van der Waals surface area (Å²) in [6.45, 7) is 3.54. The molecule has 0 bridgehead atoms. The number of anilines is 1. The van der Waals surface area contributed by atoms with E-state index in [-0.39, 0.29) is 5.56 Å². The van der Waals surface area contributed by atoms with Gasteiger partial charge in [-0.3, -0.25) is 14.4 Å². The van der Waals surface area contributed by atoms with E-state index in [9.17, 15) is 18.8 Å². The van der Waals surface area contributed by atoms with E-state index in [0.717, 1.165) is 5.56 Å². The summed E-state index contributed by atoms with van der Waals surface area (Å²) in [5, 5.41) is 2.80. The number of carbonyl (C=O) groups excluding carboxylic acids is 3. The van der Waals surface area contributed by atoms with Gasteiger partial charge < -0.3 is 10.1 Å². The number of hydrogen-bond donors (Lipinski definition) is 1. The summed E-state index contributed by atoms with van der Waals surface area (Å²) in [5.41, 5.74) is -0.710. The first kappa shape index (κ1) is 20.1. The quantitative estimate of drug-likeness (QED) is 0.283. The van der Waals surface area contributed by atoms with E-state index in [2.05, 4.69) is 5.32 Å². The molecule has 1 saturated carbocycles.